The topological polar surface area (TPSA) is 64.7 Å². The maximum Gasteiger partial charge on any atom is 0.436 e. The number of halogens is 4. The highest BCUT2D eigenvalue weighted by molar-refractivity contribution is 9.10. The maximum absolute atomic E-state index is 12.7. The summed E-state index contributed by atoms with van der Waals surface area (Å²) in [6, 6.07) is 1.80. The number of nitrogens with zero attached hydrogens (tertiary/aromatic N) is 4. The first kappa shape index (κ1) is 17.5. The van der Waals surface area contributed by atoms with E-state index in [0.29, 0.717) is 19.5 Å². The molecule has 0 aliphatic rings. The molecule has 0 bridgehead atoms. The summed E-state index contributed by atoms with van der Waals surface area (Å²) in [5.41, 5.74) is -0.773. The van der Waals surface area contributed by atoms with Gasteiger partial charge < -0.3 is 5.32 Å². The number of nitrogens with one attached hydrogen (secondary N) is 1. The molecule has 0 radical (unpaired) electrons. The molecular weight excluding hydrogens is 379 g/mol. The van der Waals surface area contributed by atoms with Crippen molar-refractivity contribution >= 4 is 21.8 Å². The molecule has 0 aromatic carbocycles. The van der Waals surface area contributed by atoms with Gasteiger partial charge in [0.05, 0.1) is 10.2 Å². The van der Waals surface area contributed by atoms with E-state index >= 15 is 0 Å². The third kappa shape index (κ3) is 4.57. The third-order valence-corrected chi connectivity index (χ3v) is 4.09. The maximum atomic E-state index is 12.7. The van der Waals surface area contributed by atoms with Gasteiger partial charge in [-0.2, -0.15) is 23.4 Å². The fourth-order valence-corrected chi connectivity index (χ4v) is 2.46. The molecule has 2 aromatic rings. The van der Waals surface area contributed by atoms with E-state index in [4.69, 9.17) is 0 Å². The van der Waals surface area contributed by atoms with E-state index in [1.165, 1.54) is 6.92 Å². The lowest BCUT2D eigenvalue weighted by molar-refractivity contribution is -0.142. The van der Waals surface area contributed by atoms with E-state index in [1.54, 1.807) is 16.9 Å². The summed E-state index contributed by atoms with van der Waals surface area (Å²) in [7, 11) is 0. The molecule has 2 rings (SSSR count). The van der Waals surface area contributed by atoms with Gasteiger partial charge in [0.2, 0.25) is 5.91 Å². The molecule has 23 heavy (non-hydrogen) atoms. The van der Waals surface area contributed by atoms with Crippen molar-refractivity contribution in [3.8, 4) is 0 Å². The predicted molar refractivity (Wildman–Crippen MR) is 79.5 cm³/mol. The van der Waals surface area contributed by atoms with Crippen LogP contribution in [0, 0.1) is 6.92 Å². The number of carbonyl (C=O) groups is 1. The summed E-state index contributed by atoms with van der Waals surface area (Å²) in [6.07, 6.45) is -0.418. The molecule has 6 nitrogen and oxygen atoms in total. The van der Waals surface area contributed by atoms with Gasteiger partial charge in [0.15, 0.2) is 5.69 Å². The van der Waals surface area contributed by atoms with Crippen LogP contribution in [0.2, 0.25) is 0 Å². The molecule has 0 saturated heterocycles. The van der Waals surface area contributed by atoms with Crippen molar-refractivity contribution < 1.29 is 18.0 Å². The Kier molecular flexibility index (Phi) is 5.45. The number of aromatic nitrogens is 4. The van der Waals surface area contributed by atoms with Gasteiger partial charge in [0.25, 0.3) is 0 Å². The summed E-state index contributed by atoms with van der Waals surface area (Å²) in [5.74, 6) is -0.391. The Morgan fingerprint density at radius 2 is 2.17 bits per heavy atom. The summed E-state index contributed by atoms with van der Waals surface area (Å²) in [5, 5.41) is 10.1. The summed E-state index contributed by atoms with van der Waals surface area (Å²) in [4.78, 5) is 11.8. The van der Waals surface area contributed by atoms with Crippen molar-refractivity contribution in [3.05, 3.63) is 34.3 Å². The first-order chi connectivity index (χ1) is 10.8. The van der Waals surface area contributed by atoms with Crippen molar-refractivity contribution in [1.29, 1.82) is 0 Å². The number of alkyl halides is 3. The van der Waals surface area contributed by atoms with Crippen molar-refractivity contribution in [2.75, 3.05) is 6.54 Å². The van der Waals surface area contributed by atoms with E-state index in [1.807, 2.05) is 6.20 Å². The van der Waals surface area contributed by atoms with Crippen LogP contribution in [0.3, 0.4) is 0 Å². The lowest BCUT2D eigenvalue weighted by atomic mass is 10.3. The second kappa shape index (κ2) is 7.16. The van der Waals surface area contributed by atoms with Crippen LogP contribution in [0.15, 0.2) is 22.9 Å². The van der Waals surface area contributed by atoms with Gasteiger partial charge >= 0.3 is 6.18 Å². The zero-order chi connectivity index (χ0) is 17.0. The Morgan fingerprint density at radius 3 is 2.74 bits per heavy atom. The number of amides is 1. The quantitative estimate of drug-likeness (QED) is 0.766. The van der Waals surface area contributed by atoms with Crippen molar-refractivity contribution in [2.45, 2.75) is 32.6 Å². The normalized spacial score (nSPS) is 11.7. The van der Waals surface area contributed by atoms with Crippen LogP contribution < -0.4 is 5.32 Å². The molecule has 10 heteroatoms. The Labute approximate surface area is 138 Å². The largest absolute Gasteiger partial charge is 0.436 e. The minimum absolute atomic E-state index is 0.142. The highest BCUT2D eigenvalue weighted by atomic mass is 79.9. The highest BCUT2D eigenvalue weighted by Gasteiger charge is 2.38. The molecule has 0 atom stereocenters. The summed E-state index contributed by atoms with van der Waals surface area (Å²) < 4.78 is 40.9. The van der Waals surface area contributed by atoms with Gasteiger partial charge in [0, 0.05) is 25.5 Å². The lowest BCUT2D eigenvalue weighted by Gasteiger charge is -2.07. The van der Waals surface area contributed by atoms with Gasteiger partial charge in [0.1, 0.15) is 6.54 Å². The van der Waals surface area contributed by atoms with E-state index < -0.39 is 17.8 Å². The molecule has 126 valence electrons. The molecule has 1 amide bonds. The Bertz CT molecular complexity index is 666. The van der Waals surface area contributed by atoms with Crippen molar-refractivity contribution in [3.63, 3.8) is 0 Å². The average Bonchev–Trinajstić information content (AvgIpc) is 3.07. The SMILES string of the molecule is Cc1c(Br)c(C(F)(F)F)nn1CC(=O)NCCCn1cccn1. The van der Waals surface area contributed by atoms with Gasteiger partial charge in [-0.15, -0.1) is 0 Å². The van der Waals surface area contributed by atoms with Crippen LogP contribution in [-0.4, -0.2) is 32.0 Å². The molecule has 0 unspecified atom stereocenters. The monoisotopic (exact) mass is 393 g/mol. The smallest absolute Gasteiger partial charge is 0.354 e. The van der Waals surface area contributed by atoms with Crippen LogP contribution in [0.1, 0.15) is 17.8 Å². The van der Waals surface area contributed by atoms with Crippen LogP contribution >= 0.6 is 15.9 Å². The van der Waals surface area contributed by atoms with E-state index in [9.17, 15) is 18.0 Å². The zero-order valence-electron chi connectivity index (χ0n) is 12.3. The molecule has 0 saturated carbocycles. The number of aryl methyl sites for hydroxylation is 1. The van der Waals surface area contributed by atoms with Gasteiger partial charge in [-0.05, 0) is 35.3 Å². The van der Waals surface area contributed by atoms with E-state index in [2.05, 4.69) is 31.4 Å². The Balaban J connectivity index is 1.85. The van der Waals surface area contributed by atoms with Gasteiger partial charge in [-0.25, -0.2) is 0 Å². The number of carbonyl (C=O) groups excluding carboxylic acids is 1. The van der Waals surface area contributed by atoms with Crippen molar-refractivity contribution in [2.24, 2.45) is 0 Å². The molecule has 0 aliphatic carbocycles. The fourth-order valence-electron chi connectivity index (χ4n) is 1.95. The first-order valence-corrected chi connectivity index (χ1v) is 7.62. The second-order valence-electron chi connectivity index (χ2n) is 4.88. The van der Waals surface area contributed by atoms with Gasteiger partial charge in [-0.3, -0.25) is 14.2 Å². The third-order valence-electron chi connectivity index (χ3n) is 3.14. The number of hydrogen-bond acceptors (Lipinski definition) is 3. The van der Waals surface area contributed by atoms with Crippen molar-refractivity contribution in [1.82, 2.24) is 24.9 Å². The van der Waals surface area contributed by atoms with Crippen LogP contribution in [0.25, 0.3) is 0 Å². The fraction of sp³-hybridized carbons (Fsp3) is 0.462. The molecule has 2 aromatic heterocycles. The number of rotatable bonds is 6. The van der Waals surface area contributed by atoms with Crippen LogP contribution in [-0.2, 0) is 24.1 Å². The molecule has 1 N–H and O–H groups in total. The summed E-state index contributed by atoms with van der Waals surface area (Å²) in [6.45, 7) is 2.27. The molecule has 0 aliphatic heterocycles. The standard InChI is InChI=1S/C13H15BrF3N5O/c1-9-11(14)12(13(15,16)17)20-22(9)8-10(23)18-4-2-6-21-7-3-5-19-21/h3,5,7H,2,4,6,8H2,1H3,(H,18,23). The molecule has 0 spiro atoms. The van der Waals surface area contributed by atoms with Gasteiger partial charge in [-0.1, -0.05) is 0 Å². The summed E-state index contributed by atoms with van der Waals surface area (Å²) >= 11 is 2.87. The predicted octanol–water partition coefficient (Wildman–Crippen LogP) is 2.38. The molecular formula is C13H15BrF3N5O. The highest BCUT2D eigenvalue weighted by Crippen LogP contribution is 2.35. The first-order valence-electron chi connectivity index (χ1n) is 6.83. The number of hydrogen-bond donors (Lipinski definition) is 1. The van der Waals surface area contributed by atoms with E-state index in [-0.39, 0.29) is 16.7 Å². The lowest BCUT2D eigenvalue weighted by Crippen LogP contribution is -2.29. The van der Waals surface area contributed by atoms with Crippen LogP contribution in [0.5, 0.6) is 0 Å². The Morgan fingerprint density at radius 1 is 1.43 bits per heavy atom. The molecule has 0 fully saturated rings. The van der Waals surface area contributed by atoms with Crippen LogP contribution in [0.4, 0.5) is 13.2 Å². The zero-order valence-corrected chi connectivity index (χ0v) is 13.9. The Hall–Kier alpha value is -1.84. The average molecular weight is 394 g/mol. The van der Waals surface area contributed by atoms with E-state index in [0.717, 1.165) is 4.68 Å². The second-order valence-corrected chi connectivity index (χ2v) is 5.67. The minimum atomic E-state index is -4.56. The minimum Gasteiger partial charge on any atom is -0.354 e. The molecule has 2 heterocycles.